The van der Waals surface area contributed by atoms with Crippen LogP contribution in [0.15, 0.2) is 36.7 Å². The van der Waals surface area contributed by atoms with Gasteiger partial charge in [-0.3, -0.25) is 0 Å². The fourth-order valence-electron chi connectivity index (χ4n) is 5.50. The summed E-state index contributed by atoms with van der Waals surface area (Å²) in [6, 6.07) is 9.58. The topological polar surface area (TPSA) is 108 Å². The number of nitrogens with zero attached hydrogens (tertiary/aromatic N) is 6. The molecule has 39 heavy (non-hydrogen) atoms. The number of unbranched alkanes of at least 4 members (excludes halogenated alkanes) is 2. The number of nitrogens with one attached hydrogen (secondary N) is 2. The molecule has 3 aromatic rings. The highest BCUT2D eigenvalue weighted by Gasteiger charge is 2.40. The second-order valence-electron chi connectivity index (χ2n) is 10.5. The van der Waals surface area contributed by atoms with Gasteiger partial charge in [-0.1, -0.05) is 19.8 Å². The number of fused-ring (bicyclic) bond motifs is 3. The smallest absolute Gasteiger partial charge is 0.331 e. The van der Waals surface area contributed by atoms with Crippen LogP contribution in [0.3, 0.4) is 0 Å². The number of rotatable bonds is 8. The quantitative estimate of drug-likeness (QED) is 0.337. The van der Waals surface area contributed by atoms with Crippen LogP contribution in [0, 0.1) is 6.92 Å². The van der Waals surface area contributed by atoms with Crippen LogP contribution in [0.25, 0.3) is 11.4 Å². The molecule has 0 spiro atoms. The number of ether oxygens (including phenoxy) is 1. The second kappa shape index (κ2) is 11.1. The summed E-state index contributed by atoms with van der Waals surface area (Å²) in [6.07, 6.45) is 6.91. The van der Waals surface area contributed by atoms with Crippen molar-refractivity contribution in [2.75, 3.05) is 36.5 Å². The Bertz CT molecular complexity index is 1400. The van der Waals surface area contributed by atoms with Gasteiger partial charge in [-0.15, -0.1) is 0 Å². The van der Waals surface area contributed by atoms with Crippen molar-refractivity contribution in [3.05, 3.63) is 53.6 Å². The minimum Gasteiger partial charge on any atom is -0.366 e. The Balaban J connectivity index is 1.28. The maximum Gasteiger partial charge on any atom is 0.331 e. The molecule has 6 rings (SSSR count). The molecule has 1 fully saturated rings. The molecule has 3 aliphatic heterocycles. The van der Waals surface area contributed by atoms with Crippen LogP contribution >= 0.6 is 0 Å². The zero-order chi connectivity index (χ0) is 26.8. The van der Waals surface area contributed by atoms with Gasteiger partial charge in [0.05, 0.1) is 17.8 Å². The Morgan fingerprint density at radius 2 is 2.05 bits per heavy atom. The van der Waals surface area contributed by atoms with E-state index >= 15 is 0 Å². The largest absolute Gasteiger partial charge is 0.366 e. The SMILES string of the molecule is CCCCCNC(=O)Nc1ccc(-c2nc3c(c([N+]4=C5COC(C5)C4)n2)CCN(c2cc(C)ncn2)C3)cc1. The summed E-state index contributed by atoms with van der Waals surface area (Å²) in [5.41, 5.74) is 6.12. The van der Waals surface area contributed by atoms with Gasteiger partial charge in [-0.05, 0) is 42.6 Å². The van der Waals surface area contributed by atoms with Gasteiger partial charge in [0.1, 0.15) is 37.1 Å². The minimum absolute atomic E-state index is 0.186. The normalized spacial score (nSPS) is 17.9. The van der Waals surface area contributed by atoms with Crippen LogP contribution in [-0.2, 0) is 17.7 Å². The van der Waals surface area contributed by atoms with Crippen LogP contribution in [0.2, 0.25) is 0 Å². The molecular formula is C29H35N8O2+. The first-order valence-electron chi connectivity index (χ1n) is 13.9. The molecule has 2 amide bonds. The molecule has 2 N–H and O–H groups in total. The van der Waals surface area contributed by atoms with Crippen LogP contribution in [0.4, 0.5) is 22.1 Å². The van der Waals surface area contributed by atoms with E-state index in [4.69, 9.17) is 14.7 Å². The van der Waals surface area contributed by atoms with Crippen LogP contribution in [-0.4, -0.2) is 68.6 Å². The van der Waals surface area contributed by atoms with Crippen LogP contribution in [0.1, 0.15) is 49.6 Å². The van der Waals surface area contributed by atoms with E-state index in [0.717, 1.165) is 79.5 Å². The average molecular weight is 528 g/mol. The number of anilines is 2. The number of benzene rings is 1. The summed E-state index contributed by atoms with van der Waals surface area (Å²) < 4.78 is 8.19. The van der Waals surface area contributed by atoms with Crippen LogP contribution in [0.5, 0.6) is 0 Å². The number of urea groups is 1. The molecule has 2 aromatic heterocycles. The molecule has 1 atom stereocenters. The number of hydrogen-bond donors (Lipinski definition) is 2. The Morgan fingerprint density at radius 3 is 2.79 bits per heavy atom. The predicted octanol–water partition coefficient (Wildman–Crippen LogP) is 4.00. The molecule has 5 heterocycles. The summed E-state index contributed by atoms with van der Waals surface area (Å²) >= 11 is 0. The van der Waals surface area contributed by atoms with E-state index in [-0.39, 0.29) is 12.1 Å². The summed E-state index contributed by atoms with van der Waals surface area (Å²) in [5, 5.41) is 5.83. The maximum atomic E-state index is 12.2. The molecule has 1 aromatic carbocycles. The third kappa shape index (κ3) is 5.47. The van der Waals surface area contributed by atoms with Crippen molar-refractivity contribution in [2.24, 2.45) is 0 Å². The predicted molar refractivity (Wildman–Crippen MR) is 150 cm³/mol. The Morgan fingerprint density at radius 1 is 1.18 bits per heavy atom. The number of aryl methyl sites for hydroxylation is 1. The lowest BCUT2D eigenvalue weighted by atomic mass is 10.0. The van der Waals surface area contributed by atoms with Crippen molar-refractivity contribution in [1.29, 1.82) is 0 Å². The molecule has 2 bridgehead atoms. The van der Waals surface area contributed by atoms with E-state index in [2.05, 4.69) is 37.0 Å². The van der Waals surface area contributed by atoms with E-state index < -0.39 is 0 Å². The fraction of sp³-hybridized carbons (Fsp3) is 0.448. The van der Waals surface area contributed by atoms with Crippen molar-refractivity contribution < 1.29 is 14.1 Å². The first-order valence-corrected chi connectivity index (χ1v) is 13.9. The zero-order valence-corrected chi connectivity index (χ0v) is 22.6. The van der Waals surface area contributed by atoms with E-state index in [1.807, 2.05) is 37.3 Å². The Labute approximate surface area is 228 Å². The Hall–Kier alpha value is -3.92. The van der Waals surface area contributed by atoms with Crippen molar-refractivity contribution in [2.45, 2.75) is 58.6 Å². The molecule has 202 valence electrons. The summed E-state index contributed by atoms with van der Waals surface area (Å²) in [5.74, 6) is 2.61. The lowest BCUT2D eigenvalue weighted by Crippen LogP contribution is -2.34. The van der Waals surface area contributed by atoms with Crippen LogP contribution < -0.4 is 15.5 Å². The summed E-state index contributed by atoms with van der Waals surface area (Å²) in [4.78, 5) is 33.4. The first-order chi connectivity index (χ1) is 19.1. The molecule has 3 aliphatic rings. The molecule has 0 aliphatic carbocycles. The van der Waals surface area contributed by atoms with Gasteiger partial charge in [0.2, 0.25) is 0 Å². The number of carbonyl (C=O) groups excluding carboxylic acids is 1. The number of carbonyl (C=O) groups is 1. The van der Waals surface area contributed by atoms with Crippen molar-refractivity contribution in [3.8, 4) is 11.4 Å². The number of hydrogen-bond acceptors (Lipinski definition) is 7. The lowest BCUT2D eigenvalue weighted by Gasteiger charge is -2.29. The molecule has 1 saturated heterocycles. The second-order valence-corrected chi connectivity index (χ2v) is 10.5. The van der Waals surface area contributed by atoms with Gasteiger partial charge in [-0.2, -0.15) is 0 Å². The molecule has 0 radical (unpaired) electrons. The first kappa shape index (κ1) is 25.4. The average Bonchev–Trinajstić information content (AvgIpc) is 3.59. The molecule has 10 nitrogen and oxygen atoms in total. The molecular weight excluding hydrogens is 492 g/mol. The van der Waals surface area contributed by atoms with Crippen molar-refractivity contribution in [3.63, 3.8) is 0 Å². The standard InChI is InChI=1S/C29H34N8O2/c1-3-4-5-11-30-29(38)33-21-8-6-20(7-9-21)27-34-25-16-36(26-13-19(2)31-18-32-26)12-10-24(25)28(35-27)37-15-23-14-22(37)17-39-23/h6-9,13,18,23H,3-5,10-12,14-17H2,1-2H3,(H-,30,33,34,35,38)/p+1. The van der Waals surface area contributed by atoms with E-state index in [0.29, 0.717) is 25.5 Å². The van der Waals surface area contributed by atoms with E-state index in [1.165, 1.54) is 11.3 Å². The van der Waals surface area contributed by atoms with Crippen molar-refractivity contribution >= 4 is 29.1 Å². The highest BCUT2D eigenvalue weighted by Crippen LogP contribution is 2.33. The maximum absolute atomic E-state index is 12.2. The van der Waals surface area contributed by atoms with Gasteiger partial charge in [0.15, 0.2) is 0 Å². The monoisotopic (exact) mass is 527 g/mol. The highest BCUT2D eigenvalue weighted by atomic mass is 16.5. The summed E-state index contributed by atoms with van der Waals surface area (Å²) in [7, 11) is 0. The fourth-order valence-corrected chi connectivity index (χ4v) is 5.50. The third-order valence-corrected chi connectivity index (χ3v) is 7.60. The molecule has 1 unspecified atom stereocenters. The van der Waals surface area contributed by atoms with Gasteiger partial charge < -0.3 is 20.3 Å². The van der Waals surface area contributed by atoms with Gasteiger partial charge >= 0.3 is 11.8 Å². The van der Waals surface area contributed by atoms with E-state index in [1.54, 1.807) is 6.33 Å². The van der Waals surface area contributed by atoms with Gasteiger partial charge in [0, 0.05) is 48.9 Å². The molecule has 10 heteroatoms. The minimum atomic E-state index is -0.186. The van der Waals surface area contributed by atoms with Crippen molar-refractivity contribution in [1.82, 2.24) is 25.3 Å². The number of aromatic nitrogens is 4. The summed E-state index contributed by atoms with van der Waals surface area (Å²) in [6.45, 7) is 7.83. The number of amides is 2. The third-order valence-electron chi connectivity index (χ3n) is 7.60. The lowest BCUT2D eigenvalue weighted by molar-refractivity contribution is -0.455. The van der Waals surface area contributed by atoms with Gasteiger partial charge in [-0.25, -0.2) is 24.3 Å². The van der Waals surface area contributed by atoms with E-state index in [9.17, 15) is 4.79 Å². The Kier molecular flexibility index (Phi) is 7.19. The van der Waals surface area contributed by atoms with Gasteiger partial charge in [0.25, 0.3) is 5.82 Å². The highest BCUT2D eigenvalue weighted by molar-refractivity contribution is 5.89. The zero-order valence-electron chi connectivity index (χ0n) is 22.6. The molecule has 0 saturated carbocycles.